The molecule has 2 rings (SSSR count). The minimum absolute atomic E-state index is 0.137. The summed E-state index contributed by atoms with van der Waals surface area (Å²) in [4.78, 5) is 24.4. The molecule has 0 spiro atoms. The van der Waals surface area contributed by atoms with Gasteiger partial charge in [0.1, 0.15) is 12.3 Å². The van der Waals surface area contributed by atoms with Crippen LogP contribution >= 0.6 is 0 Å². The Hall–Kier alpha value is -3.22. The molecule has 0 unspecified atom stereocenters. The van der Waals surface area contributed by atoms with Crippen molar-refractivity contribution in [3.8, 4) is 17.2 Å². The average molecular weight is 344 g/mol. The number of rotatable bonds is 7. The molecular weight excluding hydrogens is 324 g/mol. The van der Waals surface area contributed by atoms with Crippen molar-refractivity contribution < 1.29 is 23.8 Å². The zero-order chi connectivity index (χ0) is 18.2. The molecule has 0 aliphatic carbocycles. The molecule has 0 atom stereocenters. The van der Waals surface area contributed by atoms with Crippen LogP contribution in [0.1, 0.15) is 0 Å². The lowest BCUT2D eigenvalue weighted by Gasteiger charge is -2.17. The van der Waals surface area contributed by atoms with Crippen LogP contribution in [0.4, 0.5) is 5.69 Å². The zero-order valence-electron chi connectivity index (χ0n) is 14.1. The molecule has 0 radical (unpaired) electrons. The van der Waals surface area contributed by atoms with Crippen LogP contribution in [0.2, 0.25) is 0 Å². The van der Waals surface area contributed by atoms with Gasteiger partial charge in [-0.1, -0.05) is 12.1 Å². The molecule has 2 aromatic carbocycles. The average Bonchev–Trinajstić information content (AvgIpc) is 2.62. The quantitative estimate of drug-likeness (QED) is 0.611. The van der Waals surface area contributed by atoms with Gasteiger partial charge in [-0.25, -0.2) is 0 Å². The van der Waals surface area contributed by atoms with E-state index in [4.69, 9.17) is 15.2 Å². The molecule has 25 heavy (non-hydrogen) atoms. The first-order chi connectivity index (χ1) is 12.0. The van der Waals surface area contributed by atoms with Gasteiger partial charge < -0.3 is 24.8 Å². The van der Waals surface area contributed by atoms with Gasteiger partial charge in [0.15, 0.2) is 18.1 Å². The fraction of sp³-hybridized carbons (Fsp3) is 0.222. The first-order valence-corrected chi connectivity index (χ1v) is 7.55. The molecule has 0 bridgehead atoms. The zero-order valence-corrected chi connectivity index (χ0v) is 14.1. The molecule has 0 saturated carbocycles. The molecular formula is C18H20N2O5. The third-order valence-electron chi connectivity index (χ3n) is 3.33. The number of nitrogen functional groups attached to an aromatic ring is 1. The van der Waals surface area contributed by atoms with Crippen molar-refractivity contribution in [3.05, 3.63) is 48.5 Å². The fourth-order valence-corrected chi connectivity index (χ4v) is 1.91. The molecule has 2 aromatic rings. The van der Waals surface area contributed by atoms with Gasteiger partial charge in [0.25, 0.3) is 5.91 Å². The Bertz CT molecular complexity index is 731. The van der Waals surface area contributed by atoms with Crippen LogP contribution in [0.3, 0.4) is 0 Å². The van der Waals surface area contributed by atoms with E-state index >= 15 is 0 Å². The van der Waals surface area contributed by atoms with E-state index in [0.29, 0.717) is 22.9 Å². The Morgan fingerprint density at radius 1 is 1.04 bits per heavy atom. The Balaban J connectivity index is 1.99. The minimum atomic E-state index is -0.497. The molecule has 0 aliphatic heterocycles. The van der Waals surface area contributed by atoms with Crippen molar-refractivity contribution >= 4 is 17.6 Å². The molecule has 0 fully saturated rings. The van der Waals surface area contributed by atoms with Gasteiger partial charge in [-0.05, 0) is 36.4 Å². The van der Waals surface area contributed by atoms with E-state index in [1.807, 2.05) is 0 Å². The van der Waals surface area contributed by atoms with Gasteiger partial charge in [-0.2, -0.15) is 0 Å². The van der Waals surface area contributed by atoms with Gasteiger partial charge in [0, 0.05) is 12.7 Å². The number of amides is 1. The van der Waals surface area contributed by atoms with Crippen LogP contribution in [-0.4, -0.2) is 44.1 Å². The predicted molar refractivity (Wildman–Crippen MR) is 92.5 cm³/mol. The van der Waals surface area contributed by atoms with Gasteiger partial charge in [-0.15, -0.1) is 0 Å². The van der Waals surface area contributed by atoms with E-state index in [9.17, 15) is 9.59 Å². The highest BCUT2D eigenvalue weighted by Crippen LogP contribution is 2.31. The molecule has 132 valence electrons. The standard InChI is InChI=1S/C18H20N2O5/c1-20(11-18(22)23-2)17(21)12-24-15-5-3-4-6-16(15)25-14-9-7-13(19)8-10-14/h3-10H,11-12,19H2,1-2H3. The molecule has 0 aliphatic rings. The number of nitrogens with zero attached hydrogens (tertiary/aromatic N) is 1. The predicted octanol–water partition coefficient (Wildman–Crippen LogP) is 2.07. The number of benzene rings is 2. The van der Waals surface area contributed by atoms with Crippen LogP contribution in [0.15, 0.2) is 48.5 Å². The number of ether oxygens (including phenoxy) is 3. The lowest BCUT2D eigenvalue weighted by atomic mass is 10.3. The summed E-state index contributed by atoms with van der Waals surface area (Å²) < 4.78 is 15.8. The van der Waals surface area contributed by atoms with Crippen molar-refractivity contribution in [2.24, 2.45) is 0 Å². The van der Waals surface area contributed by atoms with Crippen molar-refractivity contribution in [1.29, 1.82) is 0 Å². The van der Waals surface area contributed by atoms with E-state index in [-0.39, 0.29) is 19.1 Å². The molecule has 7 heteroatoms. The van der Waals surface area contributed by atoms with Gasteiger partial charge >= 0.3 is 5.97 Å². The maximum Gasteiger partial charge on any atom is 0.325 e. The third kappa shape index (κ3) is 5.42. The Morgan fingerprint density at radius 3 is 2.32 bits per heavy atom. The second kappa shape index (κ2) is 8.58. The summed E-state index contributed by atoms with van der Waals surface area (Å²) in [5, 5.41) is 0. The number of hydrogen-bond acceptors (Lipinski definition) is 6. The minimum Gasteiger partial charge on any atom is -0.480 e. The molecule has 0 heterocycles. The maximum absolute atomic E-state index is 12.0. The largest absolute Gasteiger partial charge is 0.480 e. The monoisotopic (exact) mass is 344 g/mol. The number of hydrogen-bond donors (Lipinski definition) is 1. The third-order valence-corrected chi connectivity index (χ3v) is 3.33. The number of esters is 1. The smallest absolute Gasteiger partial charge is 0.325 e. The summed E-state index contributed by atoms with van der Waals surface area (Å²) in [5.41, 5.74) is 6.28. The van der Waals surface area contributed by atoms with E-state index in [1.165, 1.54) is 19.1 Å². The summed E-state index contributed by atoms with van der Waals surface area (Å²) in [7, 11) is 2.77. The highest BCUT2D eigenvalue weighted by molar-refractivity contribution is 5.82. The summed E-state index contributed by atoms with van der Waals surface area (Å²) in [6.07, 6.45) is 0. The molecule has 0 aromatic heterocycles. The fourth-order valence-electron chi connectivity index (χ4n) is 1.91. The summed E-state index contributed by atoms with van der Waals surface area (Å²) in [6, 6.07) is 13.9. The highest BCUT2D eigenvalue weighted by Gasteiger charge is 2.15. The number of likely N-dealkylation sites (N-methyl/N-ethyl adjacent to an activating group) is 1. The van der Waals surface area contributed by atoms with E-state index in [2.05, 4.69) is 4.74 Å². The number of carbonyl (C=O) groups is 2. The Morgan fingerprint density at radius 2 is 1.68 bits per heavy atom. The first-order valence-electron chi connectivity index (χ1n) is 7.55. The van der Waals surface area contributed by atoms with Crippen molar-refractivity contribution in [2.45, 2.75) is 0 Å². The normalized spacial score (nSPS) is 10.0. The lowest BCUT2D eigenvalue weighted by Crippen LogP contribution is -2.35. The number of carbonyl (C=O) groups excluding carboxylic acids is 2. The van der Waals surface area contributed by atoms with E-state index < -0.39 is 5.97 Å². The molecule has 1 amide bonds. The van der Waals surface area contributed by atoms with Crippen LogP contribution in [0.25, 0.3) is 0 Å². The highest BCUT2D eigenvalue weighted by atomic mass is 16.5. The summed E-state index contributed by atoms with van der Waals surface area (Å²) in [6.45, 7) is -0.363. The van der Waals surface area contributed by atoms with Crippen molar-refractivity contribution in [1.82, 2.24) is 4.90 Å². The van der Waals surface area contributed by atoms with Crippen molar-refractivity contribution in [2.75, 3.05) is 33.0 Å². The Kier molecular flexibility index (Phi) is 6.22. The topological polar surface area (TPSA) is 91.1 Å². The second-order valence-corrected chi connectivity index (χ2v) is 5.23. The maximum atomic E-state index is 12.0. The lowest BCUT2D eigenvalue weighted by molar-refractivity contribution is -0.146. The Labute approximate surface area is 145 Å². The molecule has 0 saturated heterocycles. The van der Waals surface area contributed by atoms with Crippen molar-refractivity contribution in [3.63, 3.8) is 0 Å². The number of methoxy groups -OCH3 is 1. The van der Waals surface area contributed by atoms with Gasteiger partial charge in [0.2, 0.25) is 0 Å². The van der Waals surface area contributed by atoms with Crippen LogP contribution in [0.5, 0.6) is 17.2 Å². The SMILES string of the molecule is COC(=O)CN(C)C(=O)COc1ccccc1Oc1ccc(N)cc1. The van der Waals surface area contributed by atoms with Gasteiger partial charge in [-0.3, -0.25) is 9.59 Å². The van der Waals surface area contributed by atoms with Gasteiger partial charge in [0.05, 0.1) is 7.11 Å². The number of anilines is 1. The first kappa shape index (κ1) is 18.1. The van der Waals surface area contributed by atoms with Crippen LogP contribution in [0, 0.1) is 0 Å². The summed E-state index contributed by atoms with van der Waals surface area (Å²) >= 11 is 0. The number of para-hydroxylation sites is 2. The molecule has 2 N–H and O–H groups in total. The van der Waals surface area contributed by atoms with E-state index in [1.54, 1.807) is 48.5 Å². The molecule has 7 nitrogen and oxygen atoms in total. The van der Waals surface area contributed by atoms with Crippen LogP contribution in [-0.2, 0) is 14.3 Å². The van der Waals surface area contributed by atoms with E-state index in [0.717, 1.165) is 0 Å². The second-order valence-electron chi connectivity index (χ2n) is 5.23. The van der Waals surface area contributed by atoms with Crippen LogP contribution < -0.4 is 15.2 Å². The summed E-state index contributed by atoms with van der Waals surface area (Å²) in [5.74, 6) is 0.629. The number of nitrogens with two attached hydrogens (primary N) is 1.